The molecule has 2 aliphatic rings. The van der Waals surface area contributed by atoms with Crippen molar-refractivity contribution in [2.45, 2.75) is 39.7 Å². The number of hydrogen-bond donors (Lipinski definition) is 1. The Balaban J connectivity index is 1.25. The van der Waals surface area contributed by atoms with E-state index in [4.69, 9.17) is 11.6 Å². The molecule has 2 saturated heterocycles. The minimum Gasteiger partial charge on any atom is -0.339 e. The van der Waals surface area contributed by atoms with Crippen LogP contribution in [-0.4, -0.2) is 52.8 Å². The highest BCUT2D eigenvalue weighted by Crippen LogP contribution is 2.25. The molecule has 2 fully saturated rings. The highest BCUT2D eigenvalue weighted by Gasteiger charge is 2.28. The van der Waals surface area contributed by atoms with Gasteiger partial charge >= 0.3 is 0 Å². The molecule has 2 aliphatic heterocycles. The zero-order valence-corrected chi connectivity index (χ0v) is 20.3. The molecule has 0 radical (unpaired) electrons. The third-order valence-corrected chi connectivity index (χ3v) is 7.41. The number of aromatic nitrogens is 1. The van der Waals surface area contributed by atoms with Gasteiger partial charge in [0.1, 0.15) is 0 Å². The molecular formula is C24H31ClN4O2S. The highest BCUT2D eigenvalue weighted by atomic mass is 35.5. The Morgan fingerprint density at radius 2 is 1.78 bits per heavy atom. The van der Waals surface area contributed by atoms with Crippen molar-refractivity contribution >= 4 is 39.9 Å². The van der Waals surface area contributed by atoms with Gasteiger partial charge in [0.25, 0.3) is 5.91 Å². The van der Waals surface area contributed by atoms with Crippen LogP contribution in [0.3, 0.4) is 0 Å². The van der Waals surface area contributed by atoms with E-state index in [1.165, 1.54) is 17.8 Å². The van der Waals surface area contributed by atoms with E-state index in [9.17, 15) is 9.59 Å². The van der Waals surface area contributed by atoms with Gasteiger partial charge in [-0.05, 0) is 55.4 Å². The normalized spacial score (nSPS) is 22.7. The zero-order valence-electron chi connectivity index (χ0n) is 18.7. The van der Waals surface area contributed by atoms with E-state index >= 15 is 0 Å². The fraction of sp³-hybridized carbons (Fsp3) is 0.542. The van der Waals surface area contributed by atoms with Crippen LogP contribution in [0.2, 0.25) is 5.02 Å². The van der Waals surface area contributed by atoms with Crippen LogP contribution >= 0.6 is 22.9 Å². The molecule has 4 rings (SSSR count). The third kappa shape index (κ3) is 5.88. The Morgan fingerprint density at radius 3 is 2.44 bits per heavy atom. The van der Waals surface area contributed by atoms with Crippen molar-refractivity contribution in [1.29, 1.82) is 0 Å². The summed E-state index contributed by atoms with van der Waals surface area (Å²) < 4.78 is 0. The molecule has 0 spiro atoms. The lowest BCUT2D eigenvalue weighted by Gasteiger charge is -2.34. The molecule has 1 N–H and O–H groups in total. The second-order valence-electron chi connectivity index (χ2n) is 9.35. The zero-order chi connectivity index (χ0) is 22.7. The minimum atomic E-state index is -0.0968. The average Bonchev–Trinajstić information content (AvgIpc) is 3.19. The second kappa shape index (κ2) is 10.3. The summed E-state index contributed by atoms with van der Waals surface area (Å²) in [6.07, 6.45) is 2.61. The van der Waals surface area contributed by atoms with Gasteiger partial charge in [0.15, 0.2) is 5.13 Å². The number of thiazole rings is 1. The van der Waals surface area contributed by atoms with Gasteiger partial charge in [-0.3, -0.25) is 14.5 Å². The number of hydrogen-bond acceptors (Lipinski definition) is 5. The Labute approximate surface area is 199 Å². The monoisotopic (exact) mass is 474 g/mol. The number of rotatable bonds is 5. The van der Waals surface area contributed by atoms with Gasteiger partial charge in [0, 0.05) is 54.6 Å². The fourth-order valence-electron chi connectivity index (χ4n) is 4.91. The standard InChI is InChI=1S/C24H31ClN4O2S/c1-16-11-17(2)13-28(12-16)14-21-15-32-24(26-21)27-22(30)18-7-9-29(10-8-18)23(31)19-3-5-20(25)6-4-19/h3-6,15-18H,7-14H2,1-2H3,(H,26,27,30)/t16-,17+. The summed E-state index contributed by atoms with van der Waals surface area (Å²) in [5, 5.41) is 6.33. The number of carbonyl (C=O) groups excluding carboxylic acids is 2. The van der Waals surface area contributed by atoms with Crippen molar-refractivity contribution in [2.75, 3.05) is 31.5 Å². The number of piperidine rings is 2. The molecule has 1 aromatic carbocycles. The number of benzene rings is 1. The lowest BCUT2D eigenvalue weighted by molar-refractivity contribution is -0.121. The molecule has 6 nitrogen and oxygen atoms in total. The topological polar surface area (TPSA) is 65.5 Å². The van der Waals surface area contributed by atoms with Crippen LogP contribution in [0.4, 0.5) is 5.13 Å². The summed E-state index contributed by atoms with van der Waals surface area (Å²) in [6, 6.07) is 6.94. The molecule has 2 aromatic rings. The van der Waals surface area contributed by atoms with E-state index in [-0.39, 0.29) is 17.7 Å². The second-order valence-corrected chi connectivity index (χ2v) is 10.6. The summed E-state index contributed by atoms with van der Waals surface area (Å²) in [7, 11) is 0. The first kappa shape index (κ1) is 23.2. The summed E-state index contributed by atoms with van der Waals surface area (Å²) in [6.45, 7) is 8.83. The van der Waals surface area contributed by atoms with Crippen molar-refractivity contribution in [2.24, 2.45) is 17.8 Å². The van der Waals surface area contributed by atoms with Gasteiger partial charge in [-0.25, -0.2) is 4.98 Å². The molecule has 1 aromatic heterocycles. The van der Waals surface area contributed by atoms with Crippen LogP contribution in [0.25, 0.3) is 0 Å². The SMILES string of the molecule is C[C@@H]1C[C@H](C)CN(Cc2csc(NC(=O)C3CCN(C(=O)c4ccc(Cl)cc4)CC3)n2)C1. The molecule has 0 unspecified atom stereocenters. The van der Waals surface area contributed by atoms with Gasteiger partial charge in [0.05, 0.1) is 5.69 Å². The number of anilines is 1. The van der Waals surface area contributed by atoms with Gasteiger partial charge in [-0.2, -0.15) is 0 Å². The van der Waals surface area contributed by atoms with Gasteiger partial charge < -0.3 is 10.2 Å². The third-order valence-electron chi connectivity index (χ3n) is 6.36. The first-order valence-corrected chi connectivity index (χ1v) is 12.7. The van der Waals surface area contributed by atoms with Crippen LogP contribution in [0.5, 0.6) is 0 Å². The van der Waals surface area contributed by atoms with Gasteiger partial charge in [-0.15, -0.1) is 11.3 Å². The van der Waals surface area contributed by atoms with Crippen LogP contribution in [0, 0.1) is 17.8 Å². The van der Waals surface area contributed by atoms with Crippen LogP contribution in [-0.2, 0) is 11.3 Å². The largest absolute Gasteiger partial charge is 0.339 e. The molecule has 2 atom stereocenters. The number of nitrogens with one attached hydrogen (secondary N) is 1. The van der Waals surface area contributed by atoms with Crippen LogP contribution in [0.15, 0.2) is 29.6 Å². The Morgan fingerprint density at radius 1 is 1.12 bits per heavy atom. The van der Waals surface area contributed by atoms with Crippen molar-refractivity contribution < 1.29 is 9.59 Å². The number of halogens is 1. The van der Waals surface area contributed by atoms with Crippen molar-refractivity contribution in [1.82, 2.24) is 14.8 Å². The van der Waals surface area contributed by atoms with E-state index < -0.39 is 0 Å². The van der Waals surface area contributed by atoms with Gasteiger partial charge in [0.2, 0.25) is 5.91 Å². The first-order chi connectivity index (χ1) is 15.4. The lowest BCUT2D eigenvalue weighted by atomic mass is 9.92. The molecule has 0 aliphatic carbocycles. The predicted molar refractivity (Wildman–Crippen MR) is 129 cm³/mol. The maximum absolute atomic E-state index is 12.8. The number of nitrogens with zero attached hydrogens (tertiary/aromatic N) is 3. The summed E-state index contributed by atoms with van der Waals surface area (Å²) in [5.74, 6) is 1.33. The van der Waals surface area contributed by atoms with E-state index in [1.54, 1.807) is 24.3 Å². The summed E-state index contributed by atoms with van der Waals surface area (Å²) >= 11 is 7.40. The molecule has 32 heavy (non-hydrogen) atoms. The first-order valence-electron chi connectivity index (χ1n) is 11.4. The Bertz CT molecular complexity index is 930. The lowest BCUT2D eigenvalue weighted by Crippen LogP contribution is -2.41. The number of likely N-dealkylation sites (tertiary alicyclic amines) is 2. The molecule has 0 saturated carbocycles. The predicted octanol–water partition coefficient (Wildman–Crippen LogP) is 4.77. The van der Waals surface area contributed by atoms with E-state index in [0.29, 0.717) is 53.5 Å². The molecule has 3 heterocycles. The Kier molecular flexibility index (Phi) is 7.48. The molecule has 8 heteroatoms. The average molecular weight is 475 g/mol. The molecular weight excluding hydrogens is 444 g/mol. The van der Waals surface area contributed by atoms with Crippen LogP contribution in [0.1, 0.15) is 49.2 Å². The molecule has 172 valence electrons. The molecule has 2 amide bonds. The van der Waals surface area contributed by atoms with Gasteiger partial charge in [-0.1, -0.05) is 25.4 Å². The molecule has 0 bridgehead atoms. The van der Waals surface area contributed by atoms with Crippen molar-refractivity contribution in [3.63, 3.8) is 0 Å². The Hall–Kier alpha value is -1.96. The number of amides is 2. The fourth-order valence-corrected chi connectivity index (χ4v) is 5.74. The van der Waals surface area contributed by atoms with E-state index in [2.05, 4.69) is 29.0 Å². The highest BCUT2D eigenvalue weighted by molar-refractivity contribution is 7.13. The van der Waals surface area contributed by atoms with E-state index in [1.807, 2.05) is 10.3 Å². The summed E-state index contributed by atoms with van der Waals surface area (Å²) in [5.41, 5.74) is 1.65. The maximum atomic E-state index is 12.8. The quantitative estimate of drug-likeness (QED) is 0.678. The minimum absolute atomic E-state index is 0.00436. The number of carbonyl (C=O) groups is 2. The maximum Gasteiger partial charge on any atom is 0.253 e. The van der Waals surface area contributed by atoms with Crippen LogP contribution < -0.4 is 5.32 Å². The smallest absolute Gasteiger partial charge is 0.253 e. The van der Waals surface area contributed by atoms with Crippen molar-refractivity contribution in [3.05, 3.63) is 45.9 Å². The van der Waals surface area contributed by atoms with E-state index in [0.717, 1.165) is 25.3 Å². The van der Waals surface area contributed by atoms with Crippen molar-refractivity contribution in [3.8, 4) is 0 Å². The summed E-state index contributed by atoms with van der Waals surface area (Å²) in [4.78, 5) is 34.3.